The van der Waals surface area contributed by atoms with Gasteiger partial charge >= 0.3 is 12.1 Å². The molecule has 2 aromatic carbocycles. The van der Waals surface area contributed by atoms with Gasteiger partial charge in [0.25, 0.3) is 0 Å². The molecule has 17 heteroatoms. The van der Waals surface area contributed by atoms with Crippen molar-refractivity contribution in [3.8, 4) is 0 Å². The van der Waals surface area contributed by atoms with E-state index < -0.39 is 98.0 Å². The summed E-state index contributed by atoms with van der Waals surface area (Å²) in [6.45, 7) is 0. The summed E-state index contributed by atoms with van der Waals surface area (Å²) in [5.41, 5.74) is 0.545. The van der Waals surface area contributed by atoms with Crippen LogP contribution in [0.15, 0.2) is 0 Å². The smallest absolute Gasteiger partial charge is 0.338 e. The summed E-state index contributed by atoms with van der Waals surface area (Å²) in [5, 5.41) is 1.02. The monoisotopic (exact) mass is 482 g/mol. The molecule has 168 valence electrons. The van der Waals surface area contributed by atoms with Crippen LogP contribution >= 0.6 is 12.1 Å². The fourth-order valence-corrected chi connectivity index (χ4v) is 2.48. The maximum Gasteiger partial charge on any atom is 0.338 e. The summed E-state index contributed by atoms with van der Waals surface area (Å²) in [4.78, 5) is 23.0. The summed E-state index contributed by atoms with van der Waals surface area (Å²) in [7, 11) is 0. The van der Waals surface area contributed by atoms with Gasteiger partial charge in [0.2, 0.25) is 11.6 Å². The number of anilines is 2. The molecule has 0 atom stereocenters. The Morgan fingerprint density at radius 2 is 1.00 bits per heavy atom. The van der Waals surface area contributed by atoms with Crippen molar-refractivity contribution in [3.05, 3.63) is 58.2 Å². The van der Waals surface area contributed by atoms with E-state index >= 15 is 0 Å². The van der Waals surface area contributed by atoms with Gasteiger partial charge in [-0.3, -0.25) is 4.72 Å². The van der Waals surface area contributed by atoms with Crippen LogP contribution in [0.3, 0.4) is 0 Å². The minimum Gasteiger partial charge on any atom is -0.351 e. The first-order valence-electron chi connectivity index (χ1n) is 7.17. The highest BCUT2D eigenvalue weighted by Crippen LogP contribution is 2.34. The maximum absolute atomic E-state index is 14.0. The second-order valence-corrected chi connectivity index (χ2v) is 5.90. The average molecular weight is 482 g/mol. The molecule has 2 rings (SSSR count). The van der Waals surface area contributed by atoms with Crippen molar-refractivity contribution in [2.45, 2.75) is 0 Å². The Morgan fingerprint density at radius 1 is 0.645 bits per heavy atom. The van der Waals surface area contributed by atoms with E-state index in [2.05, 4.69) is 5.73 Å². The highest BCUT2D eigenvalue weighted by atomic mass is 32.2. The Balaban J connectivity index is 2.63. The average Bonchev–Trinajstić information content (AvgIpc) is 2.72. The Hall–Kier alpha value is -3.37. The quantitative estimate of drug-likeness (QED) is 0.262. The lowest BCUT2D eigenvalue weighted by Crippen LogP contribution is -2.37. The van der Waals surface area contributed by atoms with Crippen LogP contribution in [0, 0.1) is 58.2 Å². The Kier molecular flexibility index (Phi) is 6.77. The predicted octanol–water partition coefficient (Wildman–Crippen LogP) is 4.35. The van der Waals surface area contributed by atoms with Crippen molar-refractivity contribution in [2.24, 2.45) is 5.73 Å². The number of halogens is 10. The number of hydrogen-bond donors (Lipinski definition) is 3. The molecule has 0 unspecified atom stereocenters. The van der Waals surface area contributed by atoms with Crippen LogP contribution in [-0.4, -0.2) is 12.1 Å². The number of hydrogen-bond acceptors (Lipinski definition) is 3. The van der Waals surface area contributed by atoms with Crippen molar-refractivity contribution in [1.82, 2.24) is 4.72 Å². The Bertz CT molecular complexity index is 1040. The van der Waals surface area contributed by atoms with Crippen LogP contribution in [0.2, 0.25) is 0 Å². The third-order valence-corrected chi connectivity index (χ3v) is 4.08. The minimum absolute atomic E-state index is 0.561. The van der Waals surface area contributed by atoms with Gasteiger partial charge in [0.1, 0.15) is 11.4 Å². The molecular formula is C14H4F10N4O2S. The number of nitrogens with two attached hydrogens (primary N) is 1. The molecule has 0 spiro atoms. The highest BCUT2D eigenvalue weighted by molar-refractivity contribution is 8.00. The summed E-state index contributed by atoms with van der Waals surface area (Å²) < 4.78 is 136. The van der Waals surface area contributed by atoms with Crippen molar-refractivity contribution in [1.29, 1.82) is 0 Å². The van der Waals surface area contributed by atoms with Gasteiger partial charge in [-0.1, -0.05) is 0 Å². The molecule has 4 N–H and O–H groups in total. The van der Waals surface area contributed by atoms with Gasteiger partial charge in [0, 0.05) is 0 Å². The van der Waals surface area contributed by atoms with E-state index in [1.807, 2.05) is 0 Å². The molecule has 0 aliphatic heterocycles. The van der Waals surface area contributed by atoms with E-state index in [1.54, 1.807) is 0 Å². The zero-order valence-electron chi connectivity index (χ0n) is 14.0. The topological polar surface area (TPSA) is 87.5 Å². The number of urea groups is 2. The molecule has 0 bridgehead atoms. The number of amides is 4. The van der Waals surface area contributed by atoms with Gasteiger partial charge in [0.15, 0.2) is 46.5 Å². The van der Waals surface area contributed by atoms with Crippen molar-refractivity contribution >= 4 is 35.6 Å². The Labute approximate surface area is 168 Å². The van der Waals surface area contributed by atoms with E-state index in [0.29, 0.717) is 0 Å². The van der Waals surface area contributed by atoms with Crippen LogP contribution in [0.25, 0.3) is 0 Å². The van der Waals surface area contributed by atoms with Gasteiger partial charge in [-0.2, -0.15) is 0 Å². The number of carbonyl (C=O) groups excluding carboxylic acids is 2. The molecule has 0 aliphatic rings. The predicted molar refractivity (Wildman–Crippen MR) is 84.3 cm³/mol. The van der Waals surface area contributed by atoms with Gasteiger partial charge in [-0.25, -0.2) is 57.8 Å². The van der Waals surface area contributed by atoms with Gasteiger partial charge in [-0.15, -0.1) is 0 Å². The summed E-state index contributed by atoms with van der Waals surface area (Å²) in [6, 6.07) is -3.76. The largest absolute Gasteiger partial charge is 0.351 e. The van der Waals surface area contributed by atoms with E-state index in [1.165, 1.54) is 4.72 Å². The van der Waals surface area contributed by atoms with E-state index in [0.717, 1.165) is 5.32 Å². The standard InChI is InChI=1S/C14H4F10N4O2S/c15-1-3(17)7(21)11(8(22)4(1)18)26-14(30)28(31-27-13(25)29)12-9(23)5(19)2(16)6(20)10(12)24/h(H,26,30)(H3,25,27,29). The van der Waals surface area contributed by atoms with Crippen molar-refractivity contribution in [3.63, 3.8) is 0 Å². The fraction of sp³-hybridized carbons (Fsp3) is 0. The molecule has 6 nitrogen and oxygen atoms in total. The lowest BCUT2D eigenvalue weighted by atomic mass is 10.2. The molecule has 0 aliphatic carbocycles. The van der Waals surface area contributed by atoms with Gasteiger partial charge < -0.3 is 11.1 Å². The van der Waals surface area contributed by atoms with Gasteiger partial charge in [-0.05, 0) is 0 Å². The maximum atomic E-state index is 14.0. The van der Waals surface area contributed by atoms with Crippen LogP contribution in [0.1, 0.15) is 0 Å². The molecule has 0 radical (unpaired) electrons. The van der Waals surface area contributed by atoms with Crippen molar-refractivity contribution < 1.29 is 53.5 Å². The van der Waals surface area contributed by atoms with Crippen LogP contribution in [0.4, 0.5) is 64.9 Å². The normalized spacial score (nSPS) is 10.8. The van der Waals surface area contributed by atoms with Crippen LogP contribution in [0.5, 0.6) is 0 Å². The number of primary amides is 1. The summed E-state index contributed by atoms with van der Waals surface area (Å²) in [6.07, 6.45) is 0. The molecular weight excluding hydrogens is 478 g/mol. The summed E-state index contributed by atoms with van der Waals surface area (Å²) in [5.74, 6) is -26.0. The second-order valence-electron chi connectivity index (χ2n) is 5.15. The lowest BCUT2D eigenvalue weighted by Gasteiger charge is -2.23. The number of benzene rings is 2. The molecule has 0 saturated carbocycles. The second kappa shape index (κ2) is 8.78. The molecule has 0 fully saturated rings. The third kappa shape index (κ3) is 4.25. The molecule has 0 saturated heterocycles. The van der Waals surface area contributed by atoms with E-state index in [9.17, 15) is 53.5 Å². The number of nitrogens with one attached hydrogen (secondary N) is 2. The zero-order valence-corrected chi connectivity index (χ0v) is 14.8. The number of carbonyl (C=O) groups is 2. The highest BCUT2D eigenvalue weighted by Gasteiger charge is 2.35. The Morgan fingerprint density at radius 3 is 1.39 bits per heavy atom. The minimum atomic E-state index is -2.65. The zero-order chi connectivity index (χ0) is 23.8. The fourth-order valence-electron chi connectivity index (χ4n) is 1.92. The van der Waals surface area contributed by atoms with E-state index in [4.69, 9.17) is 0 Å². The van der Waals surface area contributed by atoms with Crippen LogP contribution < -0.4 is 20.1 Å². The first kappa shape index (κ1) is 23.9. The third-order valence-electron chi connectivity index (χ3n) is 3.25. The summed E-state index contributed by atoms with van der Waals surface area (Å²) >= 11 is -0.561. The van der Waals surface area contributed by atoms with Crippen LogP contribution in [-0.2, 0) is 0 Å². The van der Waals surface area contributed by atoms with E-state index in [-0.39, 0.29) is 0 Å². The number of nitrogens with zero attached hydrogens (tertiary/aromatic N) is 1. The first-order valence-corrected chi connectivity index (χ1v) is 7.94. The number of rotatable bonds is 4. The lowest BCUT2D eigenvalue weighted by molar-refractivity contribution is 0.254. The molecule has 2 aromatic rings. The molecule has 31 heavy (non-hydrogen) atoms. The molecule has 0 heterocycles. The van der Waals surface area contributed by atoms with Crippen molar-refractivity contribution in [2.75, 3.05) is 9.62 Å². The molecule has 0 aromatic heterocycles. The molecule has 4 amide bonds. The first-order chi connectivity index (χ1) is 14.3. The van der Waals surface area contributed by atoms with Gasteiger partial charge in [0.05, 0.1) is 12.1 Å². The SMILES string of the molecule is NC(=O)NSN(C(=O)Nc1c(F)c(F)c(F)c(F)c1F)c1c(F)c(F)c(F)c(F)c1F.